The zero-order valence-corrected chi connectivity index (χ0v) is 15.4. The Morgan fingerprint density at radius 2 is 1.68 bits per heavy atom. The topological polar surface area (TPSA) is 52.6 Å². The van der Waals surface area contributed by atoms with Crippen LogP contribution in [0.15, 0.2) is 42.5 Å². The molecule has 0 N–H and O–H groups in total. The molecule has 0 spiro atoms. The quantitative estimate of drug-likeness (QED) is 0.328. The molecular weight excluding hydrogens is 316 g/mol. The van der Waals surface area contributed by atoms with Crippen LogP contribution in [0.2, 0.25) is 0 Å². The van der Waals surface area contributed by atoms with Gasteiger partial charge in [0.05, 0.1) is 13.2 Å². The summed E-state index contributed by atoms with van der Waals surface area (Å²) in [7, 11) is 0. The first-order valence-electron chi connectivity index (χ1n) is 8.55. The maximum Gasteiger partial charge on any atom is 0.325 e. The van der Waals surface area contributed by atoms with Crippen molar-refractivity contribution in [3.63, 3.8) is 0 Å². The van der Waals surface area contributed by atoms with Gasteiger partial charge in [-0.3, -0.25) is 9.59 Å². The van der Waals surface area contributed by atoms with Crippen molar-refractivity contribution in [3.8, 4) is 11.8 Å². The predicted octanol–water partition coefficient (Wildman–Crippen LogP) is 3.75. The molecule has 134 valence electrons. The molecule has 1 aromatic carbocycles. The fourth-order valence-electron chi connectivity index (χ4n) is 2.44. The predicted molar refractivity (Wildman–Crippen MR) is 97.6 cm³/mol. The molecule has 25 heavy (non-hydrogen) atoms. The second-order valence-electron chi connectivity index (χ2n) is 5.54. The molecule has 0 aliphatic rings. The Hall–Kier alpha value is -2.54. The molecule has 0 saturated heterocycles. The number of rotatable bonds is 7. The maximum absolute atomic E-state index is 12.7. The van der Waals surface area contributed by atoms with Crippen molar-refractivity contribution in [1.82, 2.24) is 0 Å². The lowest BCUT2D eigenvalue weighted by atomic mass is 9.73. The van der Waals surface area contributed by atoms with E-state index in [0.717, 1.165) is 5.56 Å². The molecule has 0 aliphatic heterocycles. The second-order valence-corrected chi connectivity index (χ2v) is 5.54. The molecule has 1 atom stereocenters. The van der Waals surface area contributed by atoms with Crippen molar-refractivity contribution in [2.75, 3.05) is 13.2 Å². The Morgan fingerprint density at radius 3 is 2.16 bits per heavy atom. The smallest absolute Gasteiger partial charge is 0.325 e. The van der Waals surface area contributed by atoms with Gasteiger partial charge >= 0.3 is 11.9 Å². The number of hydrogen-bond acceptors (Lipinski definition) is 4. The normalized spacial score (nSPS) is 12.2. The Labute approximate surface area is 150 Å². The summed E-state index contributed by atoms with van der Waals surface area (Å²) in [6.45, 7) is 7.39. The number of carbonyl (C=O) groups is 2. The van der Waals surface area contributed by atoms with Gasteiger partial charge in [0.2, 0.25) is 0 Å². The summed E-state index contributed by atoms with van der Waals surface area (Å²) in [5, 5.41) is 0. The summed E-state index contributed by atoms with van der Waals surface area (Å²) in [5.74, 6) is 4.31. The van der Waals surface area contributed by atoms with E-state index in [9.17, 15) is 9.59 Å². The Kier molecular flexibility index (Phi) is 8.49. The number of ether oxygens (including phenoxy) is 2. The van der Waals surface area contributed by atoms with E-state index in [1.807, 2.05) is 37.3 Å². The van der Waals surface area contributed by atoms with Gasteiger partial charge in [0.1, 0.15) is 0 Å². The van der Waals surface area contributed by atoms with Crippen LogP contribution in [0.1, 0.15) is 39.7 Å². The van der Waals surface area contributed by atoms with E-state index >= 15 is 0 Å². The zero-order valence-electron chi connectivity index (χ0n) is 15.4. The van der Waals surface area contributed by atoms with Gasteiger partial charge < -0.3 is 9.47 Å². The highest BCUT2D eigenvalue weighted by molar-refractivity contribution is 6.01. The molecule has 0 aromatic heterocycles. The summed E-state index contributed by atoms with van der Waals surface area (Å²) in [4.78, 5) is 25.4. The van der Waals surface area contributed by atoms with Crippen molar-refractivity contribution in [1.29, 1.82) is 0 Å². The number of hydrogen-bond donors (Lipinski definition) is 0. The zero-order chi connectivity index (χ0) is 18.7. The fraction of sp³-hybridized carbons (Fsp3) is 0.429. The average molecular weight is 342 g/mol. The summed E-state index contributed by atoms with van der Waals surface area (Å²) < 4.78 is 10.4. The summed E-state index contributed by atoms with van der Waals surface area (Å²) >= 11 is 0. The van der Waals surface area contributed by atoms with Crippen LogP contribution in [0.3, 0.4) is 0 Å². The molecule has 1 rings (SSSR count). The average Bonchev–Trinajstić information content (AvgIpc) is 2.62. The van der Waals surface area contributed by atoms with Crippen molar-refractivity contribution in [3.05, 3.63) is 48.0 Å². The number of benzene rings is 1. The molecule has 1 unspecified atom stereocenters. The maximum atomic E-state index is 12.7. The van der Waals surface area contributed by atoms with Crippen molar-refractivity contribution in [2.45, 2.75) is 34.1 Å². The van der Waals surface area contributed by atoms with Crippen LogP contribution in [0, 0.1) is 23.2 Å². The molecule has 0 saturated carbocycles. The SMILES string of the molecule is C/C=C/CC(C(=O)OCC)(C(=O)OCC)C(C)C#Cc1ccccc1. The summed E-state index contributed by atoms with van der Waals surface area (Å²) in [6, 6.07) is 9.43. The number of allylic oxidation sites excluding steroid dienone is 2. The first-order chi connectivity index (χ1) is 12.0. The minimum atomic E-state index is -1.47. The largest absolute Gasteiger partial charge is 0.465 e. The Bertz CT molecular complexity index is 631. The minimum Gasteiger partial charge on any atom is -0.465 e. The third-order valence-electron chi connectivity index (χ3n) is 3.90. The lowest BCUT2D eigenvalue weighted by Crippen LogP contribution is -2.46. The van der Waals surface area contributed by atoms with Gasteiger partial charge in [-0.25, -0.2) is 0 Å². The van der Waals surface area contributed by atoms with Crippen LogP contribution in [0.25, 0.3) is 0 Å². The van der Waals surface area contributed by atoms with Gasteiger partial charge in [-0.2, -0.15) is 0 Å². The highest BCUT2D eigenvalue weighted by atomic mass is 16.6. The van der Waals surface area contributed by atoms with Crippen molar-refractivity contribution in [2.24, 2.45) is 11.3 Å². The number of carbonyl (C=O) groups excluding carboxylic acids is 2. The molecule has 1 aromatic rings. The van der Waals surface area contributed by atoms with Gasteiger partial charge in [0.25, 0.3) is 0 Å². The summed E-state index contributed by atoms with van der Waals surface area (Å²) in [6.07, 6.45) is 3.75. The van der Waals surface area contributed by atoms with E-state index in [1.165, 1.54) is 0 Å². The van der Waals surface area contributed by atoms with E-state index in [4.69, 9.17) is 9.47 Å². The number of esters is 2. The Balaban J connectivity index is 3.32. The molecular formula is C21H26O4. The van der Waals surface area contributed by atoms with E-state index in [1.54, 1.807) is 32.9 Å². The molecule has 4 nitrogen and oxygen atoms in total. The fourth-order valence-corrected chi connectivity index (χ4v) is 2.44. The van der Waals surface area contributed by atoms with E-state index < -0.39 is 23.3 Å². The molecule has 0 aliphatic carbocycles. The van der Waals surface area contributed by atoms with Crippen LogP contribution >= 0.6 is 0 Å². The van der Waals surface area contributed by atoms with Gasteiger partial charge in [-0.05, 0) is 46.2 Å². The molecule has 0 bridgehead atoms. The van der Waals surface area contributed by atoms with Crippen LogP contribution in [-0.2, 0) is 19.1 Å². The van der Waals surface area contributed by atoms with Crippen molar-refractivity contribution < 1.29 is 19.1 Å². The third kappa shape index (κ3) is 5.22. The van der Waals surface area contributed by atoms with Crippen LogP contribution in [-0.4, -0.2) is 25.2 Å². The van der Waals surface area contributed by atoms with E-state index in [-0.39, 0.29) is 19.6 Å². The third-order valence-corrected chi connectivity index (χ3v) is 3.90. The van der Waals surface area contributed by atoms with Crippen molar-refractivity contribution >= 4 is 11.9 Å². The van der Waals surface area contributed by atoms with Gasteiger partial charge in [0, 0.05) is 11.5 Å². The van der Waals surface area contributed by atoms with E-state index in [2.05, 4.69) is 11.8 Å². The minimum absolute atomic E-state index is 0.186. The molecule has 0 radical (unpaired) electrons. The monoisotopic (exact) mass is 342 g/mol. The molecule has 0 fully saturated rings. The second kappa shape index (κ2) is 10.4. The standard InChI is InChI=1S/C21H26O4/c1-5-8-16-21(19(22)24-6-2,20(23)25-7-3)17(4)14-15-18-12-10-9-11-13-18/h5,8-13,17H,6-7,16H2,1-4H3/b8-5+. The van der Waals surface area contributed by atoms with Gasteiger partial charge in [-0.1, -0.05) is 42.2 Å². The van der Waals surface area contributed by atoms with Gasteiger partial charge in [0.15, 0.2) is 5.41 Å². The highest BCUT2D eigenvalue weighted by Crippen LogP contribution is 2.36. The first kappa shape index (κ1) is 20.5. The first-order valence-corrected chi connectivity index (χ1v) is 8.55. The molecule has 0 amide bonds. The lowest BCUT2D eigenvalue weighted by Gasteiger charge is -2.31. The van der Waals surface area contributed by atoms with Crippen LogP contribution in [0.5, 0.6) is 0 Å². The van der Waals surface area contributed by atoms with E-state index in [0.29, 0.717) is 0 Å². The van der Waals surface area contributed by atoms with Crippen LogP contribution < -0.4 is 0 Å². The molecule has 4 heteroatoms. The van der Waals surface area contributed by atoms with Gasteiger partial charge in [-0.15, -0.1) is 0 Å². The summed E-state index contributed by atoms with van der Waals surface area (Å²) in [5.41, 5.74) is -0.651. The Morgan fingerprint density at radius 1 is 1.12 bits per heavy atom. The highest BCUT2D eigenvalue weighted by Gasteiger charge is 2.52. The lowest BCUT2D eigenvalue weighted by molar-refractivity contribution is -0.174. The van der Waals surface area contributed by atoms with Crippen LogP contribution in [0.4, 0.5) is 0 Å². The molecule has 0 heterocycles.